The van der Waals surface area contributed by atoms with Crippen LogP contribution in [0.15, 0.2) is 30.5 Å². The summed E-state index contributed by atoms with van der Waals surface area (Å²) >= 11 is 0. The molecule has 2 aliphatic rings. The highest BCUT2D eigenvalue weighted by molar-refractivity contribution is 5.77. The third kappa shape index (κ3) is 4.44. The first kappa shape index (κ1) is 21.2. The Bertz CT molecular complexity index is 1050. The monoisotopic (exact) mass is 434 g/mol. The summed E-state index contributed by atoms with van der Waals surface area (Å²) in [6.07, 6.45) is 12.2. The Hall–Kier alpha value is -2.67. The minimum atomic E-state index is 0.281. The SMILES string of the molecule is Cc1ccccc1Nc1nc2cnc(NC3CCCCC3)nc2n1C1CCC(CO)CC1. The van der Waals surface area contributed by atoms with E-state index in [1.807, 2.05) is 18.3 Å². The predicted octanol–water partition coefficient (Wildman–Crippen LogP) is 5.35. The van der Waals surface area contributed by atoms with Gasteiger partial charge in [0.05, 0.1) is 6.20 Å². The van der Waals surface area contributed by atoms with Crippen LogP contribution in [-0.4, -0.2) is 37.3 Å². The van der Waals surface area contributed by atoms with Crippen LogP contribution in [0, 0.1) is 12.8 Å². The summed E-state index contributed by atoms with van der Waals surface area (Å²) in [6.45, 7) is 2.39. The van der Waals surface area contributed by atoms with Gasteiger partial charge in [0.25, 0.3) is 0 Å². The van der Waals surface area contributed by atoms with Gasteiger partial charge >= 0.3 is 0 Å². The topological polar surface area (TPSA) is 87.9 Å². The molecular formula is C25H34N6O. The molecule has 170 valence electrons. The lowest BCUT2D eigenvalue weighted by molar-refractivity contribution is 0.170. The van der Waals surface area contributed by atoms with Gasteiger partial charge in [0, 0.05) is 24.4 Å². The molecule has 2 aliphatic carbocycles. The normalized spacial score (nSPS) is 22.2. The molecule has 2 fully saturated rings. The zero-order chi connectivity index (χ0) is 21.9. The fourth-order valence-corrected chi connectivity index (χ4v) is 5.24. The van der Waals surface area contributed by atoms with Crippen molar-refractivity contribution in [2.45, 2.75) is 76.8 Å². The molecule has 32 heavy (non-hydrogen) atoms. The van der Waals surface area contributed by atoms with Crippen LogP contribution in [0.1, 0.15) is 69.4 Å². The van der Waals surface area contributed by atoms with E-state index in [4.69, 9.17) is 9.97 Å². The number of fused-ring (bicyclic) bond motifs is 1. The largest absolute Gasteiger partial charge is 0.396 e. The van der Waals surface area contributed by atoms with Crippen LogP contribution in [0.25, 0.3) is 11.2 Å². The number of aryl methyl sites for hydroxylation is 1. The zero-order valence-corrected chi connectivity index (χ0v) is 18.9. The van der Waals surface area contributed by atoms with E-state index < -0.39 is 0 Å². The highest BCUT2D eigenvalue weighted by Gasteiger charge is 2.27. The van der Waals surface area contributed by atoms with Gasteiger partial charge < -0.3 is 15.7 Å². The molecule has 0 aliphatic heterocycles. The smallest absolute Gasteiger partial charge is 0.224 e. The number of aliphatic hydroxyl groups excluding tert-OH is 1. The lowest BCUT2D eigenvalue weighted by atomic mass is 9.86. The van der Waals surface area contributed by atoms with Crippen molar-refractivity contribution in [2.75, 3.05) is 17.2 Å². The molecule has 2 heterocycles. The van der Waals surface area contributed by atoms with Gasteiger partial charge in [0.1, 0.15) is 5.52 Å². The van der Waals surface area contributed by atoms with Gasteiger partial charge in [-0.15, -0.1) is 0 Å². The number of anilines is 3. The van der Waals surface area contributed by atoms with Crippen molar-refractivity contribution in [1.29, 1.82) is 0 Å². The van der Waals surface area contributed by atoms with E-state index in [0.29, 0.717) is 23.9 Å². The number of aromatic nitrogens is 4. The van der Waals surface area contributed by atoms with Crippen LogP contribution in [-0.2, 0) is 0 Å². The van der Waals surface area contributed by atoms with Crippen molar-refractivity contribution in [2.24, 2.45) is 5.92 Å². The Balaban J connectivity index is 1.50. The van der Waals surface area contributed by atoms with E-state index in [1.165, 1.54) is 37.7 Å². The van der Waals surface area contributed by atoms with E-state index in [0.717, 1.165) is 48.5 Å². The molecule has 0 bridgehead atoms. The maximum atomic E-state index is 9.59. The molecule has 7 nitrogen and oxygen atoms in total. The quantitative estimate of drug-likeness (QED) is 0.485. The summed E-state index contributed by atoms with van der Waals surface area (Å²) in [7, 11) is 0. The van der Waals surface area contributed by atoms with E-state index >= 15 is 0 Å². The molecular weight excluding hydrogens is 400 g/mol. The van der Waals surface area contributed by atoms with Crippen LogP contribution in [0.2, 0.25) is 0 Å². The van der Waals surface area contributed by atoms with Crippen LogP contribution in [0.3, 0.4) is 0 Å². The molecule has 3 N–H and O–H groups in total. The van der Waals surface area contributed by atoms with Crippen molar-refractivity contribution in [3.63, 3.8) is 0 Å². The molecule has 7 heteroatoms. The number of benzene rings is 1. The molecule has 0 atom stereocenters. The van der Waals surface area contributed by atoms with E-state index in [-0.39, 0.29) is 6.61 Å². The third-order valence-electron chi connectivity index (χ3n) is 7.20. The number of aliphatic hydroxyl groups is 1. The summed E-state index contributed by atoms with van der Waals surface area (Å²) in [6, 6.07) is 9.06. The first-order valence-corrected chi connectivity index (χ1v) is 12.2. The fraction of sp³-hybridized carbons (Fsp3) is 0.560. The van der Waals surface area contributed by atoms with Gasteiger partial charge in [-0.3, -0.25) is 4.57 Å². The fourth-order valence-electron chi connectivity index (χ4n) is 5.24. The maximum Gasteiger partial charge on any atom is 0.224 e. The molecule has 3 aromatic rings. The van der Waals surface area contributed by atoms with Gasteiger partial charge in [-0.25, -0.2) is 9.97 Å². The second-order valence-corrected chi connectivity index (χ2v) is 9.48. The highest BCUT2D eigenvalue weighted by Crippen LogP contribution is 2.37. The molecule has 0 saturated heterocycles. The molecule has 1 aromatic carbocycles. The van der Waals surface area contributed by atoms with Crippen molar-refractivity contribution >= 4 is 28.7 Å². The second kappa shape index (κ2) is 9.45. The molecule has 0 spiro atoms. The summed E-state index contributed by atoms with van der Waals surface area (Å²) < 4.78 is 2.28. The van der Waals surface area contributed by atoms with Gasteiger partial charge in [-0.05, 0) is 63.0 Å². The number of imidazole rings is 1. The number of nitrogens with zero attached hydrogens (tertiary/aromatic N) is 4. The molecule has 0 unspecified atom stereocenters. The van der Waals surface area contributed by atoms with E-state index in [2.05, 4.69) is 39.2 Å². The number of hydrogen-bond acceptors (Lipinski definition) is 6. The van der Waals surface area contributed by atoms with Crippen molar-refractivity contribution in [1.82, 2.24) is 19.5 Å². The lowest BCUT2D eigenvalue weighted by Crippen LogP contribution is -2.24. The van der Waals surface area contributed by atoms with Gasteiger partial charge in [0.15, 0.2) is 5.65 Å². The van der Waals surface area contributed by atoms with Gasteiger partial charge in [-0.2, -0.15) is 4.98 Å². The van der Waals surface area contributed by atoms with Gasteiger partial charge in [-0.1, -0.05) is 37.5 Å². The minimum absolute atomic E-state index is 0.281. The third-order valence-corrected chi connectivity index (χ3v) is 7.20. The number of hydrogen-bond donors (Lipinski definition) is 3. The van der Waals surface area contributed by atoms with Crippen molar-refractivity contribution < 1.29 is 5.11 Å². The summed E-state index contributed by atoms with van der Waals surface area (Å²) in [5.41, 5.74) is 3.95. The second-order valence-electron chi connectivity index (χ2n) is 9.48. The first-order chi connectivity index (χ1) is 15.7. The summed E-state index contributed by atoms with van der Waals surface area (Å²) in [5, 5.41) is 16.7. The molecule has 2 saturated carbocycles. The van der Waals surface area contributed by atoms with Crippen molar-refractivity contribution in [3.8, 4) is 0 Å². The molecule has 2 aromatic heterocycles. The molecule has 0 amide bonds. The Morgan fingerprint density at radius 1 is 1.00 bits per heavy atom. The Morgan fingerprint density at radius 2 is 1.78 bits per heavy atom. The molecule has 5 rings (SSSR count). The average molecular weight is 435 g/mol. The Kier molecular flexibility index (Phi) is 6.26. The summed E-state index contributed by atoms with van der Waals surface area (Å²) in [5.74, 6) is 1.94. The first-order valence-electron chi connectivity index (χ1n) is 12.2. The number of rotatable bonds is 6. The van der Waals surface area contributed by atoms with Gasteiger partial charge in [0.2, 0.25) is 11.9 Å². The van der Waals surface area contributed by atoms with Crippen molar-refractivity contribution in [3.05, 3.63) is 36.0 Å². The van der Waals surface area contributed by atoms with E-state index in [1.54, 1.807) is 0 Å². The highest BCUT2D eigenvalue weighted by atomic mass is 16.3. The lowest BCUT2D eigenvalue weighted by Gasteiger charge is -2.29. The summed E-state index contributed by atoms with van der Waals surface area (Å²) in [4.78, 5) is 14.4. The Morgan fingerprint density at radius 3 is 2.53 bits per heavy atom. The Labute approximate surface area is 189 Å². The van der Waals surface area contributed by atoms with Crippen LogP contribution >= 0.6 is 0 Å². The number of para-hydroxylation sites is 1. The van der Waals surface area contributed by atoms with E-state index in [9.17, 15) is 5.11 Å². The van der Waals surface area contributed by atoms with Crippen LogP contribution in [0.4, 0.5) is 17.6 Å². The maximum absolute atomic E-state index is 9.59. The number of nitrogens with one attached hydrogen (secondary N) is 2. The average Bonchev–Trinajstić information content (AvgIpc) is 3.18. The standard InChI is InChI=1S/C25H34N6O/c1-17-7-5-6-10-21(17)28-25-29-22-15-26-24(27-19-8-3-2-4-9-19)30-23(22)31(25)20-13-11-18(16-32)12-14-20/h5-7,10,15,18-20,32H,2-4,8-9,11-14,16H2,1H3,(H,28,29)(H,26,27,30). The van der Waals surface area contributed by atoms with Crippen LogP contribution < -0.4 is 10.6 Å². The zero-order valence-electron chi connectivity index (χ0n) is 18.9. The van der Waals surface area contributed by atoms with Crippen LogP contribution in [0.5, 0.6) is 0 Å². The predicted molar refractivity (Wildman–Crippen MR) is 128 cm³/mol. The minimum Gasteiger partial charge on any atom is -0.396 e. The molecule has 0 radical (unpaired) electrons.